The van der Waals surface area contributed by atoms with E-state index >= 15 is 0 Å². The van der Waals surface area contributed by atoms with Gasteiger partial charge in [0.15, 0.2) is 0 Å². The van der Waals surface area contributed by atoms with Crippen molar-refractivity contribution in [2.45, 2.75) is 13.3 Å². The van der Waals surface area contributed by atoms with Gasteiger partial charge in [0, 0.05) is 28.1 Å². The highest BCUT2D eigenvalue weighted by Crippen LogP contribution is 2.34. The average Bonchev–Trinajstić information content (AvgIpc) is 2.96. The third kappa shape index (κ3) is 4.01. The minimum Gasteiger partial charge on any atom is -0.325 e. The smallest absolute Gasteiger partial charge is 0.229 e. The molecular weight excluding hydrogens is 462 g/mol. The van der Waals surface area contributed by atoms with E-state index in [1.165, 1.54) is 4.90 Å². The average molecular weight is 477 g/mol. The molecule has 2 aromatic rings. The van der Waals surface area contributed by atoms with Crippen LogP contribution < -0.4 is 10.2 Å². The van der Waals surface area contributed by atoms with Gasteiger partial charge in [-0.15, -0.1) is 0 Å². The largest absolute Gasteiger partial charge is 0.325 e. The van der Waals surface area contributed by atoms with E-state index in [0.29, 0.717) is 26.4 Å². The highest BCUT2D eigenvalue weighted by atomic mass is 79.9. The molecule has 0 aromatic heterocycles. The summed E-state index contributed by atoms with van der Waals surface area (Å²) in [5.74, 6) is -0.889. The Morgan fingerprint density at radius 1 is 1.19 bits per heavy atom. The van der Waals surface area contributed by atoms with Crippen LogP contribution in [-0.4, -0.2) is 18.4 Å². The second-order valence-electron chi connectivity index (χ2n) is 6.07. The number of aryl methyl sites for hydroxylation is 1. The molecule has 0 spiro atoms. The van der Waals surface area contributed by atoms with Crippen LogP contribution in [0.3, 0.4) is 0 Å². The maximum Gasteiger partial charge on any atom is 0.229 e. The fraction of sp³-hybridized carbons (Fsp3) is 0.222. The quantitative estimate of drug-likeness (QED) is 0.617. The Morgan fingerprint density at radius 2 is 1.92 bits per heavy atom. The van der Waals surface area contributed by atoms with Gasteiger partial charge >= 0.3 is 0 Å². The fourth-order valence-electron chi connectivity index (χ4n) is 2.82. The summed E-state index contributed by atoms with van der Waals surface area (Å²) in [6.07, 6.45) is 0.109. The van der Waals surface area contributed by atoms with Gasteiger partial charge in [-0.05, 0) is 58.7 Å². The monoisotopic (exact) mass is 474 g/mol. The summed E-state index contributed by atoms with van der Waals surface area (Å²) in [4.78, 5) is 26.5. The first-order valence-corrected chi connectivity index (χ1v) is 9.71. The van der Waals surface area contributed by atoms with Crippen molar-refractivity contribution in [2.24, 2.45) is 5.92 Å². The molecule has 1 N–H and O–H groups in total. The summed E-state index contributed by atoms with van der Waals surface area (Å²) in [6.45, 7) is 2.11. The predicted octanol–water partition coefficient (Wildman–Crippen LogP) is 5.71. The van der Waals surface area contributed by atoms with Crippen LogP contribution in [-0.2, 0) is 9.59 Å². The van der Waals surface area contributed by atoms with Crippen molar-refractivity contribution in [1.29, 1.82) is 0 Å². The number of carbonyl (C=O) groups excluding carboxylic acids is 2. The van der Waals surface area contributed by atoms with Crippen LogP contribution >= 0.6 is 50.7 Å². The number of anilines is 2. The van der Waals surface area contributed by atoms with E-state index in [-0.39, 0.29) is 24.8 Å². The van der Waals surface area contributed by atoms with Gasteiger partial charge < -0.3 is 10.2 Å². The molecule has 4 nitrogen and oxygen atoms in total. The minimum absolute atomic E-state index is 0.109. The first kappa shape index (κ1) is 19.5. The Kier molecular flexibility index (Phi) is 5.82. The third-order valence-electron chi connectivity index (χ3n) is 4.22. The standard InChI is InChI=1S/C18H14BrCl3N2O2/c1-9-4-12(19)14(22)7-15(9)23-18(26)10-5-17(25)24(8-10)16-6-11(20)2-3-13(16)21/h2-4,6-7,10H,5,8H2,1H3,(H,23,26)/t10-/m1/s1. The van der Waals surface area contributed by atoms with Crippen LogP contribution in [0.2, 0.25) is 15.1 Å². The molecule has 2 aromatic carbocycles. The number of nitrogens with zero attached hydrogens (tertiary/aromatic N) is 1. The van der Waals surface area contributed by atoms with Gasteiger partial charge in [0.25, 0.3) is 0 Å². The molecule has 8 heteroatoms. The first-order chi connectivity index (χ1) is 12.3. The molecule has 1 saturated heterocycles. The van der Waals surface area contributed by atoms with Crippen molar-refractivity contribution in [2.75, 3.05) is 16.8 Å². The van der Waals surface area contributed by atoms with Gasteiger partial charge in [0.2, 0.25) is 11.8 Å². The molecule has 3 rings (SSSR count). The van der Waals surface area contributed by atoms with E-state index in [9.17, 15) is 9.59 Å². The predicted molar refractivity (Wildman–Crippen MR) is 109 cm³/mol. The van der Waals surface area contributed by atoms with Crippen LogP contribution in [0.4, 0.5) is 11.4 Å². The molecule has 1 aliphatic heterocycles. The molecule has 0 radical (unpaired) electrons. The third-order valence-corrected chi connectivity index (χ3v) is 5.97. The van der Waals surface area contributed by atoms with Gasteiger partial charge in [0.05, 0.1) is 21.7 Å². The van der Waals surface area contributed by atoms with Crippen LogP contribution in [0, 0.1) is 12.8 Å². The van der Waals surface area contributed by atoms with Gasteiger partial charge in [-0.3, -0.25) is 9.59 Å². The lowest BCUT2D eigenvalue weighted by Crippen LogP contribution is -2.28. The van der Waals surface area contributed by atoms with Crippen molar-refractivity contribution in [3.05, 3.63) is 55.4 Å². The summed E-state index contributed by atoms with van der Waals surface area (Å²) < 4.78 is 0.757. The summed E-state index contributed by atoms with van der Waals surface area (Å²) >= 11 is 21.6. The van der Waals surface area contributed by atoms with Crippen molar-refractivity contribution < 1.29 is 9.59 Å². The molecule has 0 saturated carbocycles. The van der Waals surface area contributed by atoms with Crippen LogP contribution in [0.15, 0.2) is 34.8 Å². The molecule has 0 unspecified atom stereocenters. The van der Waals surface area contributed by atoms with E-state index in [2.05, 4.69) is 21.2 Å². The minimum atomic E-state index is -0.487. The fourth-order valence-corrected chi connectivity index (χ4v) is 3.83. The number of halogens is 4. The molecule has 1 fully saturated rings. The maximum atomic E-state index is 12.6. The number of hydrogen-bond acceptors (Lipinski definition) is 2. The van der Waals surface area contributed by atoms with E-state index < -0.39 is 5.92 Å². The van der Waals surface area contributed by atoms with E-state index in [1.807, 2.05) is 13.0 Å². The lowest BCUT2D eigenvalue weighted by atomic mass is 10.1. The molecule has 0 bridgehead atoms. The molecule has 26 heavy (non-hydrogen) atoms. The molecular formula is C18H14BrCl3N2O2. The molecule has 1 aliphatic rings. The van der Waals surface area contributed by atoms with E-state index in [0.717, 1.165) is 10.0 Å². The maximum absolute atomic E-state index is 12.6. The highest BCUT2D eigenvalue weighted by molar-refractivity contribution is 9.10. The number of carbonyl (C=O) groups is 2. The Morgan fingerprint density at radius 3 is 2.65 bits per heavy atom. The number of nitrogens with one attached hydrogen (secondary N) is 1. The SMILES string of the molecule is Cc1cc(Br)c(Cl)cc1NC(=O)[C@@H]1CC(=O)N(c2cc(Cl)ccc2Cl)C1. The topological polar surface area (TPSA) is 49.4 Å². The van der Waals surface area contributed by atoms with Crippen LogP contribution in [0.1, 0.15) is 12.0 Å². The van der Waals surface area contributed by atoms with Crippen LogP contribution in [0.5, 0.6) is 0 Å². The second-order valence-corrected chi connectivity index (χ2v) is 8.18. The lowest BCUT2D eigenvalue weighted by Gasteiger charge is -2.18. The van der Waals surface area contributed by atoms with Crippen molar-refractivity contribution in [3.63, 3.8) is 0 Å². The van der Waals surface area contributed by atoms with Gasteiger partial charge in [-0.25, -0.2) is 0 Å². The van der Waals surface area contributed by atoms with Crippen molar-refractivity contribution in [1.82, 2.24) is 0 Å². The highest BCUT2D eigenvalue weighted by Gasteiger charge is 2.36. The summed E-state index contributed by atoms with van der Waals surface area (Å²) in [5, 5.41) is 4.25. The number of amides is 2. The molecule has 136 valence electrons. The zero-order valence-corrected chi connectivity index (χ0v) is 17.5. The first-order valence-electron chi connectivity index (χ1n) is 7.78. The van der Waals surface area contributed by atoms with E-state index in [1.54, 1.807) is 24.3 Å². The summed E-state index contributed by atoms with van der Waals surface area (Å²) in [6, 6.07) is 8.42. The Hall–Kier alpha value is -1.27. The van der Waals surface area contributed by atoms with Gasteiger partial charge in [-0.1, -0.05) is 34.8 Å². The Balaban J connectivity index is 1.77. The number of hydrogen-bond donors (Lipinski definition) is 1. The molecule has 1 atom stereocenters. The number of rotatable bonds is 3. The molecule has 0 aliphatic carbocycles. The van der Waals surface area contributed by atoms with E-state index in [4.69, 9.17) is 34.8 Å². The summed E-state index contributed by atoms with van der Waals surface area (Å²) in [5.41, 5.74) is 2.01. The molecule has 2 amide bonds. The van der Waals surface area contributed by atoms with Gasteiger partial charge in [-0.2, -0.15) is 0 Å². The number of benzene rings is 2. The Labute approximate surface area is 174 Å². The zero-order valence-electron chi connectivity index (χ0n) is 13.7. The van der Waals surface area contributed by atoms with Crippen molar-refractivity contribution >= 4 is 73.9 Å². The zero-order chi connectivity index (χ0) is 19.0. The van der Waals surface area contributed by atoms with Crippen molar-refractivity contribution in [3.8, 4) is 0 Å². The Bertz CT molecular complexity index is 904. The lowest BCUT2D eigenvalue weighted by molar-refractivity contribution is -0.122. The van der Waals surface area contributed by atoms with Gasteiger partial charge in [0.1, 0.15) is 0 Å². The second kappa shape index (κ2) is 7.77. The van der Waals surface area contributed by atoms with Crippen LogP contribution in [0.25, 0.3) is 0 Å². The normalized spacial score (nSPS) is 16.9. The summed E-state index contributed by atoms with van der Waals surface area (Å²) in [7, 11) is 0. The molecule has 1 heterocycles.